The van der Waals surface area contributed by atoms with E-state index in [-0.39, 0.29) is 0 Å². The molecular formula is C14H26N2O2. The molecule has 104 valence electrons. The number of hydrogen-bond donors (Lipinski definition) is 2. The van der Waals surface area contributed by atoms with Gasteiger partial charge in [-0.1, -0.05) is 13.8 Å². The van der Waals surface area contributed by atoms with Gasteiger partial charge in [-0.3, -0.25) is 10.1 Å². The molecule has 0 amide bonds. The standard InChI is InChI=1S/C14H26N2O2/c1-3-9-16(4-2)12-7-8-14(10-12,13(17)18)15-11-5-6-11/h11-12,15H,3-10H2,1-2H3,(H,17,18). The Morgan fingerprint density at radius 1 is 1.39 bits per heavy atom. The first kappa shape index (κ1) is 13.8. The first-order chi connectivity index (χ1) is 8.61. The van der Waals surface area contributed by atoms with Crippen LogP contribution in [-0.2, 0) is 4.79 Å². The van der Waals surface area contributed by atoms with Crippen LogP contribution in [0.2, 0.25) is 0 Å². The van der Waals surface area contributed by atoms with Crippen molar-refractivity contribution in [2.24, 2.45) is 0 Å². The molecular weight excluding hydrogens is 228 g/mol. The number of nitrogens with one attached hydrogen (secondary N) is 1. The molecule has 0 aromatic rings. The fraction of sp³-hybridized carbons (Fsp3) is 0.929. The fourth-order valence-corrected chi connectivity index (χ4v) is 3.22. The molecule has 0 radical (unpaired) electrons. The van der Waals surface area contributed by atoms with Crippen LogP contribution in [0.15, 0.2) is 0 Å². The van der Waals surface area contributed by atoms with Crippen LogP contribution in [-0.4, -0.2) is 46.7 Å². The molecule has 0 saturated heterocycles. The molecule has 0 aliphatic heterocycles. The van der Waals surface area contributed by atoms with E-state index >= 15 is 0 Å². The lowest BCUT2D eigenvalue weighted by molar-refractivity contribution is -0.145. The molecule has 0 aromatic heterocycles. The van der Waals surface area contributed by atoms with Gasteiger partial charge in [0.05, 0.1) is 0 Å². The van der Waals surface area contributed by atoms with Crippen molar-refractivity contribution in [2.45, 2.75) is 70.0 Å². The lowest BCUT2D eigenvalue weighted by atomic mass is 9.97. The van der Waals surface area contributed by atoms with E-state index in [1.165, 1.54) is 0 Å². The van der Waals surface area contributed by atoms with Crippen LogP contribution in [0, 0.1) is 0 Å². The third-order valence-electron chi connectivity index (χ3n) is 4.39. The number of hydrogen-bond acceptors (Lipinski definition) is 3. The van der Waals surface area contributed by atoms with Crippen molar-refractivity contribution in [1.29, 1.82) is 0 Å². The second-order valence-corrected chi connectivity index (χ2v) is 5.83. The Bertz CT molecular complexity index is 304. The molecule has 2 atom stereocenters. The van der Waals surface area contributed by atoms with E-state index in [0.29, 0.717) is 12.1 Å². The number of carboxylic acid groups (broad SMARTS) is 1. The third kappa shape index (κ3) is 2.86. The molecule has 2 fully saturated rings. The summed E-state index contributed by atoms with van der Waals surface area (Å²) in [5.74, 6) is -0.649. The molecule has 0 bridgehead atoms. The zero-order valence-corrected chi connectivity index (χ0v) is 11.6. The summed E-state index contributed by atoms with van der Waals surface area (Å²) >= 11 is 0. The first-order valence-corrected chi connectivity index (χ1v) is 7.36. The zero-order chi connectivity index (χ0) is 13.2. The van der Waals surface area contributed by atoms with Crippen LogP contribution in [0.5, 0.6) is 0 Å². The average Bonchev–Trinajstić information content (AvgIpc) is 3.04. The van der Waals surface area contributed by atoms with Crippen LogP contribution in [0.4, 0.5) is 0 Å². The Kier molecular flexibility index (Phi) is 4.28. The van der Waals surface area contributed by atoms with Crippen molar-refractivity contribution in [2.75, 3.05) is 13.1 Å². The predicted octanol–water partition coefficient (Wildman–Crippen LogP) is 1.85. The maximum atomic E-state index is 11.6. The van der Waals surface area contributed by atoms with Gasteiger partial charge in [0.15, 0.2) is 0 Å². The van der Waals surface area contributed by atoms with Crippen molar-refractivity contribution in [3.8, 4) is 0 Å². The maximum absolute atomic E-state index is 11.6. The van der Waals surface area contributed by atoms with Gasteiger partial charge < -0.3 is 10.0 Å². The minimum absolute atomic E-state index is 0.442. The molecule has 2 aliphatic carbocycles. The van der Waals surface area contributed by atoms with Crippen molar-refractivity contribution in [1.82, 2.24) is 10.2 Å². The monoisotopic (exact) mass is 254 g/mol. The molecule has 0 heterocycles. The van der Waals surface area contributed by atoms with Crippen LogP contribution in [0.25, 0.3) is 0 Å². The highest BCUT2D eigenvalue weighted by Crippen LogP contribution is 2.36. The summed E-state index contributed by atoms with van der Waals surface area (Å²) in [5.41, 5.74) is -0.646. The van der Waals surface area contributed by atoms with Gasteiger partial charge in [0.1, 0.15) is 5.54 Å². The molecule has 4 nitrogen and oxygen atoms in total. The maximum Gasteiger partial charge on any atom is 0.323 e. The quantitative estimate of drug-likeness (QED) is 0.728. The van der Waals surface area contributed by atoms with E-state index in [2.05, 4.69) is 24.1 Å². The van der Waals surface area contributed by atoms with Crippen molar-refractivity contribution in [3.63, 3.8) is 0 Å². The minimum atomic E-state index is -0.649. The summed E-state index contributed by atoms with van der Waals surface area (Å²) in [6.45, 7) is 6.47. The van der Waals surface area contributed by atoms with E-state index in [4.69, 9.17) is 0 Å². The molecule has 2 rings (SSSR count). The number of carbonyl (C=O) groups is 1. The van der Waals surface area contributed by atoms with E-state index in [1.807, 2.05) is 0 Å². The molecule has 0 spiro atoms. The molecule has 18 heavy (non-hydrogen) atoms. The highest BCUT2D eigenvalue weighted by Gasteiger charge is 2.48. The fourth-order valence-electron chi connectivity index (χ4n) is 3.22. The molecule has 2 N–H and O–H groups in total. The number of aliphatic carboxylic acids is 1. The van der Waals surface area contributed by atoms with Crippen LogP contribution in [0.1, 0.15) is 52.4 Å². The lowest BCUT2D eigenvalue weighted by Gasteiger charge is -2.30. The van der Waals surface area contributed by atoms with Crippen molar-refractivity contribution < 1.29 is 9.90 Å². The molecule has 0 aromatic carbocycles. The van der Waals surface area contributed by atoms with E-state index in [1.54, 1.807) is 0 Å². The first-order valence-electron chi connectivity index (χ1n) is 7.36. The second kappa shape index (κ2) is 5.57. The van der Waals surface area contributed by atoms with Gasteiger partial charge in [-0.2, -0.15) is 0 Å². The predicted molar refractivity (Wildman–Crippen MR) is 71.7 cm³/mol. The SMILES string of the molecule is CCCN(CC)C1CCC(NC2CC2)(C(=O)O)C1. The highest BCUT2D eigenvalue weighted by molar-refractivity contribution is 5.79. The molecule has 4 heteroatoms. The van der Waals surface area contributed by atoms with Gasteiger partial charge >= 0.3 is 5.97 Å². The van der Waals surface area contributed by atoms with Crippen molar-refractivity contribution >= 4 is 5.97 Å². The Morgan fingerprint density at radius 2 is 2.11 bits per heavy atom. The summed E-state index contributed by atoms with van der Waals surface area (Å²) < 4.78 is 0. The average molecular weight is 254 g/mol. The largest absolute Gasteiger partial charge is 0.480 e. The van der Waals surface area contributed by atoms with Crippen molar-refractivity contribution in [3.05, 3.63) is 0 Å². The van der Waals surface area contributed by atoms with Crippen LogP contribution < -0.4 is 5.32 Å². The Balaban J connectivity index is 2.00. The van der Waals surface area contributed by atoms with Gasteiger partial charge in [-0.25, -0.2) is 0 Å². The summed E-state index contributed by atoms with van der Waals surface area (Å²) in [6, 6.07) is 0.901. The smallest absolute Gasteiger partial charge is 0.323 e. The summed E-state index contributed by atoms with van der Waals surface area (Å²) in [6.07, 6.45) is 6.00. The van der Waals surface area contributed by atoms with E-state index < -0.39 is 11.5 Å². The molecule has 2 aliphatic rings. The lowest BCUT2D eigenvalue weighted by Crippen LogP contribution is -2.52. The molecule has 2 saturated carbocycles. The second-order valence-electron chi connectivity index (χ2n) is 5.83. The number of nitrogens with zero attached hydrogens (tertiary/aromatic N) is 1. The van der Waals surface area contributed by atoms with E-state index in [0.717, 1.165) is 51.6 Å². The highest BCUT2D eigenvalue weighted by atomic mass is 16.4. The number of carboxylic acids is 1. The summed E-state index contributed by atoms with van der Waals surface area (Å²) in [5, 5.41) is 13.0. The van der Waals surface area contributed by atoms with Crippen LogP contribution in [0.3, 0.4) is 0 Å². The van der Waals surface area contributed by atoms with Gasteiger partial charge in [-0.15, -0.1) is 0 Å². The van der Waals surface area contributed by atoms with E-state index in [9.17, 15) is 9.90 Å². The summed E-state index contributed by atoms with van der Waals surface area (Å²) in [7, 11) is 0. The molecule has 2 unspecified atom stereocenters. The van der Waals surface area contributed by atoms with Gasteiger partial charge in [-0.05, 0) is 51.6 Å². The minimum Gasteiger partial charge on any atom is -0.480 e. The summed E-state index contributed by atoms with van der Waals surface area (Å²) in [4.78, 5) is 14.1. The van der Waals surface area contributed by atoms with Gasteiger partial charge in [0, 0.05) is 12.1 Å². The Morgan fingerprint density at radius 3 is 2.61 bits per heavy atom. The normalized spacial score (nSPS) is 32.1. The topological polar surface area (TPSA) is 52.6 Å². The van der Waals surface area contributed by atoms with Gasteiger partial charge in [0.2, 0.25) is 0 Å². The van der Waals surface area contributed by atoms with Gasteiger partial charge in [0.25, 0.3) is 0 Å². The van der Waals surface area contributed by atoms with Crippen LogP contribution >= 0.6 is 0 Å². The third-order valence-corrected chi connectivity index (χ3v) is 4.39. The number of rotatable bonds is 7. The Labute approximate surface area is 110 Å². The Hall–Kier alpha value is -0.610. The zero-order valence-electron chi connectivity index (χ0n) is 11.6.